The molecule has 0 aliphatic heterocycles. The Morgan fingerprint density at radius 3 is 2.69 bits per heavy atom. The molecule has 0 saturated heterocycles. The van der Waals surface area contributed by atoms with Crippen LogP contribution < -0.4 is 9.47 Å². The van der Waals surface area contributed by atoms with Crippen LogP contribution >= 0.6 is 23.4 Å². The van der Waals surface area contributed by atoms with Gasteiger partial charge in [0.15, 0.2) is 6.61 Å². The van der Waals surface area contributed by atoms with Crippen molar-refractivity contribution in [3.05, 3.63) is 65.3 Å². The van der Waals surface area contributed by atoms with Crippen LogP contribution in [0.25, 0.3) is 11.4 Å². The summed E-state index contributed by atoms with van der Waals surface area (Å²) in [6, 6.07) is 14.5. The minimum atomic E-state index is 0.160. The Morgan fingerprint density at radius 1 is 1.03 bits per heavy atom. The highest BCUT2D eigenvalue weighted by atomic mass is 35.5. The summed E-state index contributed by atoms with van der Waals surface area (Å²) in [4.78, 5) is 4.39. The van der Waals surface area contributed by atoms with Crippen molar-refractivity contribution < 1.29 is 18.4 Å². The Balaban J connectivity index is 1.33. The van der Waals surface area contributed by atoms with E-state index in [4.69, 9.17) is 30.0 Å². The maximum Gasteiger partial charge on any atom is 0.277 e. The molecule has 0 atom stereocenters. The predicted molar refractivity (Wildman–Crippen MR) is 106 cm³/mol. The lowest BCUT2D eigenvalue weighted by molar-refractivity contribution is 0.252. The zero-order valence-electron chi connectivity index (χ0n) is 15.2. The van der Waals surface area contributed by atoms with Gasteiger partial charge in [-0.1, -0.05) is 40.7 Å². The molecule has 0 aliphatic carbocycles. The zero-order chi connectivity index (χ0) is 20.1. The number of rotatable bonds is 8. The van der Waals surface area contributed by atoms with Crippen LogP contribution in [0.2, 0.25) is 5.02 Å². The summed E-state index contributed by atoms with van der Waals surface area (Å²) >= 11 is 7.14. The Kier molecular flexibility index (Phi) is 5.97. The van der Waals surface area contributed by atoms with Gasteiger partial charge in [0.25, 0.3) is 11.1 Å². The van der Waals surface area contributed by atoms with Gasteiger partial charge in [-0.3, -0.25) is 0 Å². The molecule has 0 amide bonds. The summed E-state index contributed by atoms with van der Waals surface area (Å²) in [5, 5.41) is 13.0. The maximum atomic E-state index is 5.85. The Bertz CT molecular complexity index is 1080. The molecule has 0 aliphatic rings. The van der Waals surface area contributed by atoms with Gasteiger partial charge in [0.05, 0.1) is 18.4 Å². The van der Waals surface area contributed by atoms with Crippen LogP contribution in [-0.4, -0.2) is 27.4 Å². The van der Waals surface area contributed by atoms with Crippen molar-refractivity contribution >= 4 is 23.4 Å². The van der Waals surface area contributed by atoms with Gasteiger partial charge in [-0.2, -0.15) is 4.98 Å². The largest absolute Gasteiger partial charge is 0.496 e. The van der Waals surface area contributed by atoms with E-state index >= 15 is 0 Å². The van der Waals surface area contributed by atoms with Crippen molar-refractivity contribution in [1.29, 1.82) is 0 Å². The Labute approximate surface area is 175 Å². The molecule has 0 bridgehead atoms. The monoisotopic (exact) mass is 430 g/mol. The molecule has 0 spiro atoms. The summed E-state index contributed by atoms with van der Waals surface area (Å²) in [5.74, 6) is 2.99. The number of benzene rings is 2. The van der Waals surface area contributed by atoms with Crippen LogP contribution in [-0.2, 0) is 12.4 Å². The maximum absolute atomic E-state index is 5.85. The summed E-state index contributed by atoms with van der Waals surface area (Å²) in [6.45, 7) is 0.160. The first-order valence-electron chi connectivity index (χ1n) is 8.51. The number of ether oxygens (including phenoxy) is 2. The molecule has 148 valence electrons. The fourth-order valence-corrected chi connectivity index (χ4v) is 3.15. The molecule has 2 heterocycles. The number of methoxy groups -OCH3 is 1. The van der Waals surface area contributed by atoms with E-state index in [1.54, 1.807) is 31.4 Å². The number of aromatic nitrogens is 4. The van der Waals surface area contributed by atoms with Crippen molar-refractivity contribution in [3.63, 3.8) is 0 Å². The van der Waals surface area contributed by atoms with Crippen LogP contribution in [0.5, 0.6) is 11.5 Å². The lowest BCUT2D eigenvalue weighted by Crippen LogP contribution is -1.95. The average Bonchev–Trinajstić information content (AvgIpc) is 3.41. The molecule has 4 aromatic rings. The third kappa shape index (κ3) is 4.87. The molecular formula is C19H15ClN4O4S. The molecule has 0 unspecified atom stereocenters. The molecule has 0 fully saturated rings. The lowest BCUT2D eigenvalue weighted by Gasteiger charge is -2.02. The normalized spacial score (nSPS) is 10.8. The third-order valence-electron chi connectivity index (χ3n) is 3.76. The van der Waals surface area contributed by atoms with Crippen molar-refractivity contribution in [2.24, 2.45) is 0 Å². The molecule has 0 N–H and O–H groups in total. The molecule has 0 saturated carbocycles. The Morgan fingerprint density at radius 2 is 1.86 bits per heavy atom. The number of hydrogen-bond donors (Lipinski definition) is 0. The standard InChI is InChI=1S/C19H15ClN4O4S/c1-25-15-5-3-2-4-14(15)18-21-17(28-24-18)11-29-19-23-22-16(27-19)10-26-13-8-6-12(20)7-9-13/h2-9H,10-11H2,1H3. The molecular weight excluding hydrogens is 416 g/mol. The van der Waals surface area contributed by atoms with Crippen molar-refractivity contribution in [3.8, 4) is 22.9 Å². The van der Waals surface area contributed by atoms with Gasteiger partial charge in [-0.05, 0) is 36.4 Å². The molecule has 2 aromatic heterocycles. The fraction of sp³-hybridized carbons (Fsp3) is 0.158. The Hall–Kier alpha value is -3.04. The highest BCUT2D eigenvalue weighted by Crippen LogP contribution is 2.28. The van der Waals surface area contributed by atoms with Gasteiger partial charge in [-0.25, -0.2) is 0 Å². The van der Waals surface area contributed by atoms with E-state index in [0.717, 1.165) is 5.56 Å². The molecule has 29 heavy (non-hydrogen) atoms. The van der Waals surface area contributed by atoms with Gasteiger partial charge >= 0.3 is 0 Å². The molecule has 8 nitrogen and oxygen atoms in total. The summed E-state index contributed by atoms with van der Waals surface area (Å²) < 4.78 is 21.8. The number of hydrogen-bond acceptors (Lipinski definition) is 9. The number of para-hydroxylation sites is 1. The van der Waals surface area contributed by atoms with Gasteiger partial charge in [0, 0.05) is 5.02 Å². The third-order valence-corrected chi connectivity index (χ3v) is 4.81. The summed E-state index contributed by atoms with van der Waals surface area (Å²) in [5.41, 5.74) is 0.759. The minimum Gasteiger partial charge on any atom is -0.496 e. The topological polar surface area (TPSA) is 96.3 Å². The predicted octanol–water partition coefficient (Wildman–Crippen LogP) is 4.65. The van der Waals surface area contributed by atoms with E-state index in [9.17, 15) is 0 Å². The number of thioether (sulfide) groups is 1. The van der Waals surface area contributed by atoms with E-state index in [-0.39, 0.29) is 6.61 Å². The smallest absolute Gasteiger partial charge is 0.277 e. The van der Waals surface area contributed by atoms with Crippen LogP contribution in [0.4, 0.5) is 0 Å². The first-order chi connectivity index (χ1) is 14.2. The van der Waals surface area contributed by atoms with E-state index in [1.807, 2.05) is 24.3 Å². The SMILES string of the molecule is COc1ccccc1-c1noc(CSc2nnc(COc3ccc(Cl)cc3)o2)n1. The van der Waals surface area contributed by atoms with Crippen LogP contribution in [0.3, 0.4) is 0 Å². The van der Waals surface area contributed by atoms with Crippen LogP contribution in [0.15, 0.2) is 62.7 Å². The summed E-state index contributed by atoms with van der Waals surface area (Å²) in [7, 11) is 1.60. The first-order valence-corrected chi connectivity index (χ1v) is 9.87. The van der Waals surface area contributed by atoms with Gasteiger partial charge in [-0.15, -0.1) is 10.2 Å². The molecule has 4 rings (SSSR count). The van der Waals surface area contributed by atoms with Gasteiger partial charge in [0.2, 0.25) is 11.7 Å². The highest BCUT2D eigenvalue weighted by Gasteiger charge is 2.15. The number of halogens is 1. The first kappa shape index (κ1) is 19.3. The quantitative estimate of drug-likeness (QED) is 0.370. The molecule has 2 aromatic carbocycles. The van der Waals surface area contributed by atoms with Crippen LogP contribution in [0.1, 0.15) is 11.8 Å². The van der Waals surface area contributed by atoms with E-state index < -0.39 is 0 Å². The molecule has 10 heteroatoms. The fourth-order valence-electron chi connectivity index (χ4n) is 2.41. The van der Waals surface area contributed by atoms with Crippen molar-refractivity contribution in [1.82, 2.24) is 20.3 Å². The van der Waals surface area contributed by atoms with E-state index in [0.29, 0.717) is 45.1 Å². The highest BCUT2D eigenvalue weighted by molar-refractivity contribution is 7.98. The second-order valence-corrected chi connectivity index (χ2v) is 7.07. The minimum absolute atomic E-state index is 0.160. The van der Waals surface area contributed by atoms with Gasteiger partial charge < -0.3 is 18.4 Å². The van der Waals surface area contributed by atoms with Crippen molar-refractivity contribution in [2.75, 3.05) is 7.11 Å². The number of nitrogens with zero attached hydrogens (tertiary/aromatic N) is 4. The second-order valence-electron chi connectivity index (χ2n) is 5.70. The average molecular weight is 431 g/mol. The molecule has 0 radical (unpaired) electrons. The summed E-state index contributed by atoms with van der Waals surface area (Å²) in [6.07, 6.45) is 0. The van der Waals surface area contributed by atoms with E-state index in [2.05, 4.69) is 20.3 Å². The van der Waals surface area contributed by atoms with Crippen LogP contribution in [0, 0.1) is 0 Å². The van der Waals surface area contributed by atoms with E-state index in [1.165, 1.54) is 11.8 Å². The lowest BCUT2D eigenvalue weighted by atomic mass is 10.2. The second kappa shape index (κ2) is 8.97. The van der Waals surface area contributed by atoms with Gasteiger partial charge in [0.1, 0.15) is 11.5 Å². The van der Waals surface area contributed by atoms with Crippen molar-refractivity contribution in [2.45, 2.75) is 17.6 Å². The zero-order valence-corrected chi connectivity index (χ0v) is 16.8.